The molecular formula is C25H15F3N4O2. The highest BCUT2D eigenvalue weighted by Crippen LogP contribution is 2.29. The van der Waals surface area contributed by atoms with Crippen molar-refractivity contribution < 1.29 is 22.7 Å². The van der Waals surface area contributed by atoms with Gasteiger partial charge in [-0.2, -0.15) is 5.10 Å². The van der Waals surface area contributed by atoms with E-state index in [0.29, 0.717) is 27.9 Å². The van der Waals surface area contributed by atoms with Crippen LogP contribution in [0.5, 0.6) is 11.6 Å². The molecule has 2 N–H and O–H groups in total. The van der Waals surface area contributed by atoms with Crippen LogP contribution >= 0.6 is 0 Å². The van der Waals surface area contributed by atoms with Gasteiger partial charge in [0.05, 0.1) is 17.4 Å². The standard InChI is InChI=1S/C25H15F3N4O2/c26-15-5-8-17(9-6-15)34-22-11-7-16(13-29-22)30-25(33)24-19-12-14(4-10-21(19)31-32-24)18-2-1-3-20(27)23(18)28/h1-13H,(H,30,33)(H,31,32). The largest absolute Gasteiger partial charge is 0.439 e. The molecule has 0 fully saturated rings. The molecule has 0 spiro atoms. The molecule has 168 valence electrons. The van der Waals surface area contributed by atoms with Crippen molar-refractivity contribution in [2.75, 3.05) is 5.32 Å². The van der Waals surface area contributed by atoms with Crippen LogP contribution in [0.3, 0.4) is 0 Å². The third-order valence-corrected chi connectivity index (χ3v) is 5.07. The Morgan fingerprint density at radius 1 is 0.941 bits per heavy atom. The van der Waals surface area contributed by atoms with Crippen LogP contribution in [0.4, 0.5) is 18.9 Å². The summed E-state index contributed by atoms with van der Waals surface area (Å²) < 4.78 is 46.4. The molecule has 5 aromatic rings. The lowest BCUT2D eigenvalue weighted by molar-refractivity contribution is 0.102. The number of halogens is 3. The fourth-order valence-corrected chi connectivity index (χ4v) is 3.41. The Labute approximate surface area is 191 Å². The topological polar surface area (TPSA) is 79.9 Å². The molecule has 3 aromatic carbocycles. The van der Waals surface area contributed by atoms with Gasteiger partial charge in [-0.25, -0.2) is 18.2 Å². The maximum atomic E-state index is 14.2. The molecule has 34 heavy (non-hydrogen) atoms. The van der Waals surface area contributed by atoms with Crippen LogP contribution in [0.25, 0.3) is 22.0 Å². The average molecular weight is 460 g/mol. The summed E-state index contributed by atoms with van der Waals surface area (Å²) in [5.41, 5.74) is 1.52. The van der Waals surface area contributed by atoms with Crippen molar-refractivity contribution in [2.45, 2.75) is 0 Å². The molecule has 0 saturated heterocycles. The van der Waals surface area contributed by atoms with E-state index >= 15 is 0 Å². The smallest absolute Gasteiger partial charge is 0.276 e. The van der Waals surface area contributed by atoms with E-state index in [1.807, 2.05) is 0 Å². The monoisotopic (exact) mass is 460 g/mol. The lowest BCUT2D eigenvalue weighted by Crippen LogP contribution is -2.13. The Morgan fingerprint density at radius 2 is 1.76 bits per heavy atom. The molecule has 0 aliphatic carbocycles. The fourth-order valence-electron chi connectivity index (χ4n) is 3.41. The number of nitrogens with zero attached hydrogens (tertiary/aromatic N) is 2. The molecule has 2 aromatic heterocycles. The quantitative estimate of drug-likeness (QED) is 0.333. The first-order valence-electron chi connectivity index (χ1n) is 10.1. The second-order valence-electron chi connectivity index (χ2n) is 7.33. The Morgan fingerprint density at radius 3 is 2.53 bits per heavy atom. The van der Waals surface area contributed by atoms with Gasteiger partial charge >= 0.3 is 0 Å². The summed E-state index contributed by atoms with van der Waals surface area (Å²) in [6, 6.07) is 17.4. The van der Waals surface area contributed by atoms with E-state index in [0.717, 1.165) is 6.07 Å². The minimum absolute atomic E-state index is 0.0791. The number of carbonyl (C=O) groups excluding carboxylic acids is 1. The molecule has 0 unspecified atom stereocenters. The number of ether oxygens (including phenoxy) is 1. The first-order chi connectivity index (χ1) is 16.5. The lowest BCUT2D eigenvalue weighted by atomic mass is 10.0. The van der Waals surface area contributed by atoms with Crippen LogP contribution in [-0.2, 0) is 0 Å². The number of amides is 1. The van der Waals surface area contributed by atoms with E-state index in [9.17, 15) is 18.0 Å². The van der Waals surface area contributed by atoms with Crippen LogP contribution in [0.1, 0.15) is 10.5 Å². The molecule has 1 amide bonds. The molecule has 5 rings (SSSR count). The summed E-state index contributed by atoms with van der Waals surface area (Å²) >= 11 is 0. The van der Waals surface area contributed by atoms with Crippen molar-refractivity contribution in [3.8, 4) is 22.8 Å². The van der Waals surface area contributed by atoms with Crippen molar-refractivity contribution >= 4 is 22.5 Å². The minimum atomic E-state index is -0.967. The number of carbonyl (C=O) groups is 1. The molecule has 2 heterocycles. The predicted molar refractivity (Wildman–Crippen MR) is 120 cm³/mol. The lowest BCUT2D eigenvalue weighted by Gasteiger charge is -2.07. The highest BCUT2D eigenvalue weighted by Gasteiger charge is 2.17. The Hall–Kier alpha value is -4.66. The molecule has 0 saturated carbocycles. The number of fused-ring (bicyclic) bond motifs is 1. The number of nitrogens with one attached hydrogen (secondary N) is 2. The molecule has 0 aliphatic rings. The summed E-state index contributed by atoms with van der Waals surface area (Å²) in [5.74, 6) is -2.14. The van der Waals surface area contributed by atoms with Gasteiger partial charge < -0.3 is 10.1 Å². The third-order valence-electron chi connectivity index (χ3n) is 5.07. The second-order valence-corrected chi connectivity index (χ2v) is 7.33. The van der Waals surface area contributed by atoms with E-state index in [1.54, 1.807) is 30.3 Å². The van der Waals surface area contributed by atoms with Gasteiger partial charge in [0.15, 0.2) is 17.3 Å². The molecule has 0 aliphatic heterocycles. The van der Waals surface area contributed by atoms with Gasteiger partial charge in [-0.15, -0.1) is 0 Å². The molecule has 6 nitrogen and oxygen atoms in total. The molecule has 9 heteroatoms. The van der Waals surface area contributed by atoms with Crippen molar-refractivity contribution in [1.29, 1.82) is 0 Å². The molecule has 0 atom stereocenters. The Bertz CT molecular complexity index is 1500. The summed E-state index contributed by atoms with van der Waals surface area (Å²) in [4.78, 5) is 17.0. The first kappa shape index (κ1) is 21.2. The van der Waals surface area contributed by atoms with E-state index in [-0.39, 0.29) is 23.0 Å². The van der Waals surface area contributed by atoms with Crippen molar-refractivity contribution in [3.63, 3.8) is 0 Å². The van der Waals surface area contributed by atoms with Crippen molar-refractivity contribution in [2.24, 2.45) is 0 Å². The van der Waals surface area contributed by atoms with Gasteiger partial charge in [-0.3, -0.25) is 9.89 Å². The number of hydrogen-bond acceptors (Lipinski definition) is 4. The number of H-pyrrole nitrogens is 1. The fraction of sp³-hybridized carbons (Fsp3) is 0. The maximum Gasteiger partial charge on any atom is 0.276 e. The number of aromatic amines is 1. The van der Waals surface area contributed by atoms with Gasteiger partial charge in [0.25, 0.3) is 5.91 Å². The predicted octanol–water partition coefficient (Wildman–Crippen LogP) is 6.09. The second kappa shape index (κ2) is 8.70. The molecule has 0 bridgehead atoms. The summed E-state index contributed by atoms with van der Waals surface area (Å²) in [5, 5.41) is 9.96. The number of rotatable bonds is 5. The highest BCUT2D eigenvalue weighted by molar-refractivity contribution is 6.11. The minimum Gasteiger partial charge on any atom is -0.439 e. The van der Waals surface area contributed by atoms with Crippen LogP contribution in [0, 0.1) is 17.5 Å². The Kier molecular flexibility index (Phi) is 5.43. The maximum absolute atomic E-state index is 14.2. The van der Waals surface area contributed by atoms with Gasteiger partial charge in [0.2, 0.25) is 5.88 Å². The van der Waals surface area contributed by atoms with Crippen molar-refractivity contribution in [3.05, 3.63) is 102 Å². The number of benzene rings is 3. The molecular weight excluding hydrogens is 445 g/mol. The summed E-state index contributed by atoms with van der Waals surface area (Å²) in [6.07, 6.45) is 1.40. The summed E-state index contributed by atoms with van der Waals surface area (Å²) in [7, 11) is 0. The normalized spacial score (nSPS) is 10.9. The van der Waals surface area contributed by atoms with E-state index in [2.05, 4.69) is 20.5 Å². The SMILES string of the molecule is O=C(Nc1ccc(Oc2ccc(F)cc2)nc1)c1n[nH]c2ccc(-c3cccc(F)c3F)cc12. The van der Waals surface area contributed by atoms with Crippen molar-refractivity contribution in [1.82, 2.24) is 15.2 Å². The average Bonchev–Trinajstić information content (AvgIpc) is 3.27. The number of hydrogen-bond donors (Lipinski definition) is 2. The zero-order valence-corrected chi connectivity index (χ0v) is 17.4. The zero-order valence-electron chi connectivity index (χ0n) is 17.4. The van der Waals surface area contributed by atoms with Crippen LogP contribution in [0.15, 0.2) is 79.0 Å². The highest BCUT2D eigenvalue weighted by atomic mass is 19.2. The number of pyridine rings is 1. The molecule has 0 radical (unpaired) electrons. The zero-order chi connectivity index (χ0) is 23.7. The van der Waals surface area contributed by atoms with E-state index in [1.165, 1.54) is 42.6 Å². The third kappa shape index (κ3) is 4.18. The Balaban J connectivity index is 1.36. The number of anilines is 1. The van der Waals surface area contributed by atoms with Crippen LogP contribution < -0.4 is 10.1 Å². The van der Waals surface area contributed by atoms with Gasteiger partial charge in [0, 0.05) is 17.0 Å². The van der Waals surface area contributed by atoms with E-state index < -0.39 is 17.5 Å². The summed E-state index contributed by atoms with van der Waals surface area (Å²) in [6.45, 7) is 0. The van der Waals surface area contributed by atoms with Gasteiger partial charge in [-0.05, 0) is 54.1 Å². The first-order valence-corrected chi connectivity index (χ1v) is 10.1. The van der Waals surface area contributed by atoms with Gasteiger partial charge in [-0.1, -0.05) is 18.2 Å². The van der Waals surface area contributed by atoms with Crippen LogP contribution in [-0.4, -0.2) is 21.1 Å². The van der Waals surface area contributed by atoms with Gasteiger partial charge in [0.1, 0.15) is 11.6 Å². The van der Waals surface area contributed by atoms with Crippen LogP contribution in [0.2, 0.25) is 0 Å². The van der Waals surface area contributed by atoms with E-state index in [4.69, 9.17) is 4.74 Å². The number of aromatic nitrogens is 3.